The first kappa shape index (κ1) is 14.1. The quantitative estimate of drug-likeness (QED) is 0.919. The molecule has 0 radical (unpaired) electrons. The van der Waals surface area contributed by atoms with Crippen molar-refractivity contribution >= 4 is 0 Å². The number of nitrogens with two attached hydrogens (primary N) is 1. The van der Waals surface area contributed by atoms with Crippen LogP contribution in [0.3, 0.4) is 0 Å². The lowest BCUT2D eigenvalue weighted by Gasteiger charge is -2.37. The molecule has 106 valence electrons. The molecule has 1 fully saturated rings. The van der Waals surface area contributed by atoms with Gasteiger partial charge in [0.05, 0.1) is 14.2 Å². The van der Waals surface area contributed by atoms with Gasteiger partial charge in [-0.3, -0.25) is 0 Å². The zero-order valence-electron chi connectivity index (χ0n) is 11.2. The summed E-state index contributed by atoms with van der Waals surface area (Å²) in [4.78, 5) is 0. The van der Waals surface area contributed by atoms with Gasteiger partial charge in [0, 0.05) is 24.4 Å². The first-order chi connectivity index (χ1) is 8.88. The van der Waals surface area contributed by atoms with Crippen molar-refractivity contribution in [1.29, 1.82) is 0 Å². The summed E-state index contributed by atoms with van der Waals surface area (Å²) in [5.74, 6) is -1.35. The first-order valence-electron chi connectivity index (χ1n) is 6.29. The Balaban J connectivity index is 2.30. The summed E-state index contributed by atoms with van der Waals surface area (Å²) in [6, 6.07) is 5.34. The van der Waals surface area contributed by atoms with Crippen LogP contribution in [0, 0.1) is 0 Å². The van der Waals surface area contributed by atoms with Gasteiger partial charge in [0.2, 0.25) is 5.92 Å². The zero-order chi connectivity index (χ0) is 14.1. The monoisotopic (exact) mass is 271 g/mol. The molecule has 0 aromatic heterocycles. The Kier molecular flexibility index (Phi) is 3.67. The summed E-state index contributed by atoms with van der Waals surface area (Å²) in [6.45, 7) is 0. The summed E-state index contributed by atoms with van der Waals surface area (Å²) >= 11 is 0. The third kappa shape index (κ3) is 2.97. The third-order valence-electron chi connectivity index (χ3n) is 3.80. The van der Waals surface area contributed by atoms with E-state index in [2.05, 4.69) is 0 Å². The topological polar surface area (TPSA) is 44.5 Å². The summed E-state index contributed by atoms with van der Waals surface area (Å²) in [7, 11) is 3.10. The Morgan fingerprint density at radius 2 is 1.42 bits per heavy atom. The highest BCUT2D eigenvalue weighted by Gasteiger charge is 2.42. The van der Waals surface area contributed by atoms with Crippen LogP contribution in [0.15, 0.2) is 18.2 Å². The van der Waals surface area contributed by atoms with E-state index in [1.807, 2.05) is 0 Å². The van der Waals surface area contributed by atoms with E-state index in [0.717, 1.165) is 5.56 Å². The average Bonchev–Trinajstić information content (AvgIpc) is 2.42. The van der Waals surface area contributed by atoms with Gasteiger partial charge in [-0.1, -0.05) is 0 Å². The maximum Gasteiger partial charge on any atom is 0.248 e. The number of hydrogen-bond donors (Lipinski definition) is 1. The van der Waals surface area contributed by atoms with E-state index in [4.69, 9.17) is 15.2 Å². The van der Waals surface area contributed by atoms with Gasteiger partial charge in [0.1, 0.15) is 11.5 Å². The van der Waals surface area contributed by atoms with Crippen molar-refractivity contribution < 1.29 is 18.3 Å². The van der Waals surface area contributed by atoms with E-state index in [1.165, 1.54) is 0 Å². The van der Waals surface area contributed by atoms with E-state index in [-0.39, 0.29) is 25.7 Å². The normalized spacial score (nSPS) is 20.9. The molecular formula is C14H19F2NO2. The predicted molar refractivity (Wildman–Crippen MR) is 68.8 cm³/mol. The van der Waals surface area contributed by atoms with Gasteiger partial charge >= 0.3 is 0 Å². The highest BCUT2D eigenvalue weighted by molar-refractivity contribution is 5.41. The van der Waals surface area contributed by atoms with Crippen LogP contribution < -0.4 is 15.2 Å². The van der Waals surface area contributed by atoms with Crippen molar-refractivity contribution in [3.8, 4) is 11.5 Å². The van der Waals surface area contributed by atoms with Crippen molar-refractivity contribution in [2.75, 3.05) is 14.2 Å². The standard InChI is InChI=1S/C14H19F2NO2/c1-18-11-7-10(8-12(9-11)19-2)13(17)3-5-14(15,16)6-4-13/h7-9H,3-6,17H2,1-2H3. The van der Waals surface area contributed by atoms with Crippen molar-refractivity contribution in [1.82, 2.24) is 0 Å². The summed E-state index contributed by atoms with van der Waals surface area (Å²) in [6.07, 6.45) is 0.165. The fourth-order valence-electron chi connectivity index (χ4n) is 2.45. The van der Waals surface area contributed by atoms with Crippen LogP contribution in [0.25, 0.3) is 0 Å². The second-order valence-electron chi connectivity index (χ2n) is 5.11. The van der Waals surface area contributed by atoms with Gasteiger partial charge < -0.3 is 15.2 Å². The third-order valence-corrected chi connectivity index (χ3v) is 3.80. The number of methoxy groups -OCH3 is 2. The lowest BCUT2D eigenvalue weighted by Crippen LogP contribution is -2.43. The molecule has 0 heterocycles. The maximum atomic E-state index is 13.2. The molecular weight excluding hydrogens is 252 g/mol. The molecule has 0 spiro atoms. The number of ether oxygens (including phenoxy) is 2. The molecule has 0 saturated heterocycles. The molecule has 1 aromatic rings. The minimum atomic E-state index is -2.59. The number of halogens is 2. The average molecular weight is 271 g/mol. The van der Waals surface area contributed by atoms with Crippen LogP contribution in [0.2, 0.25) is 0 Å². The molecule has 2 rings (SSSR count). The van der Waals surface area contributed by atoms with E-state index in [0.29, 0.717) is 11.5 Å². The minimum Gasteiger partial charge on any atom is -0.497 e. The molecule has 19 heavy (non-hydrogen) atoms. The van der Waals surface area contributed by atoms with Gasteiger partial charge in [-0.25, -0.2) is 8.78 Å². The molecule has 0 aliphatic heterocycles. The van der Waals surface area contributed by atoms with Crippen LogP contribution in [-0.2, 0) is 5.54 Å². The molecule has 1 aromatic carbocycles. The second kappa shape index (κ2) is 4.96. The Morgan fingerprint density at radius 1 is 0.947 bits per heavy atom. The van der Waals surface area contributed by atoms with Crippen molar-refractivity contribution in [2.45, 2.75) is 37.1 Å². The largest absolute Gasteiger partial charge is 0.497 e. The minimum absolute atomic E-state index is 0.178. The lowest BCUT2D eigenvalue weighted by atomic mass is 9.76. The second-order valence-corrected chi connectivity index (χ2v) is 5.11. The number of alkyl halides is 2. The van der Waals surface area contributed by atoms with Crippen molar-refractivity contribution in [3.63, 3.8) is 0 Å². The molecule has 1 aliphatic rings. The highest BCUT2D eigenvalue weighted by Crippen LogP contribution is 2.43. The molecule has 0 bridgehead atoms. The smallest absolute Gasteiger partial charge is 0.248 e. The predicted octanol–water partition coefficient (Wildman–Crippen LogP) is 3.07. The molecule has 3 nitrogen and oxygen atoms in total. The van der Waals surface area contributed by atoms with E-state index in [9.17, 15) is 8.78 Å². The van der Waals surface area contributed by atoms with Crippen LogP contribution >= 0.6 is 0 Å². The fourth-order valence-corrected chi connectivity index (χ4v) is 2.45. The van der Waals surface area contributed by atoms with Gasteiger partial charge in [-0.15, -0.1) is 0 Å². The fraction of sp³-hybridized carbons (Fsp3) is 0.571. The van der Waals surface area contributed by atoms with E-state index in [1.54, 1.807) is 32.4 Å². The SMILES string of the molecule is COc1cc(OC)cc(C2(N)CCC(F)(F)CC2)c1. The molecule has 0 atom stereocenters. The Morgan fingerprint density at radius 3 is 1.84 bits per heavy atom. The number of rotatable bonds is 3. The molecule has 2 N–H and O–H groups in total. The van der Waals surface area contributed by atoms with Gasteiger partial charge in [-0.2, -0.15) is 0 Å². The van der Waals surface area contributed by atoms with Crippen molar-refractivity contribution in [2.24, 2.45) is 5.73 Å². The molecule has 5 heteroatoms. The van der Waals surface area contributed by atoms with Crippen LogP contribution in [0.4, 0.5) is 8.78 Å². The van der Waals surface area contributed by atoms with Crippen LogP contribution in [0.1, 0.15) is 31.2 Å². The Hall–Kier alpha value is -1.36. The first-order valence-corrected chi connectivity index (χ1v) is 6.29. The van der Waals surface area contributed by atoms with Gasteiger partial charge in [0.15, 0.2) is 0 Å². The Bertz CT molecular complexity index is 431. The number of benzene rings is 1. The van der Waals surface area contributed by atoms with Gasteiger partial charge in [-0.05, 0) is 30.5 Å². The van der Waals surface area contributed by atoms with E-state index >= 15 is 0 Å². The van der Waals surface area contributed by atoms with E-state index < -0.39 is 11.5 Å². The molecule has 1 saturated carbocycles. The zero-order valence-corrected chi connectivity index (χ0v) is 11.2. The summed E-state index contributed by atoms with van der Waals surface area (Å²) < 4.78 is 36.9. The van der Waals surface area contributed by atoms with Crippen LogP contribution in [0.5, 0.6) is 11.5 Å². The molecule has 0 amide bonds. The lowest BCUT2D eigenvalue weighted by molar-refractivity contribution is -0.0514. The number of hydrogen-bond acceptors (Lipinski definition) is 3. The molecule has 1 aliphatic carbocycles. The summed E-state index contributed by atoms with van der Waals surface area (Å²) in [5.41, 5.74) is 6.36. The highest BCUT2D eigenvalue weighted by atomic mass is 19.3. The Labute approximate surface area is 111 Å². The summed E-state index contributed by atoms with van der Waals surface area (Å²) in [5, 5.41) is 0. The van der Waals surface area contributed by atoms with Gasteiger partial charge in [0.25, 0.3) is 0 Å². The molecule has 0 unspecified atom stereocenters. The van der Waals surface area contributed by atoms with Crippen molar-refractivity contribution in [3.05, 3.63) is 23.8 Å². The van der Waals surface area contributed by atoms with Crippen LogP contribution in [-0.4, -0.2) is 20.1 Å². The maximum absolute atomic E-state index is 13.2.